The molecule has 0 heterocycles. The lowest BCUT2D eigenvalue weighted by Gasteiger charge is -2.61. The van der Waals surface area contributed by atoms with Gasteiger partial charge in [-0.05, 0) is 97.2 Å². The lowest BCUT2D eigenvalue weighted by molar-refractivity contribution is -0.156. The molecule has 0 saturated heterocycles. The van der Waals surface area contributed by atoms with E-state index in [4.69, 9.17) is 0 Å². The lowest BCUT2D eigenvalue weighted by Crippen LogP contribution is -2.56. The number of hydrogen-bond donors (Lipinski definition) is 1. The van der Waals surface area contributed by atoms with Gasteiger partial charge in [0.2, 0.25) is 0 Å². The maximum Gasteiger partial charge on any atom is 0.161 e. The molecule has 0 bridgehead atoms. The van der Waals surface area contributed by atoms with E-state index in [1.807, 2.05) is 0 Å². The van der Waals surface area contributed by atoms with Crippen LogP contribution in [0.1, 0.15) is 105 Å². The normalized spacial score (nSPS) is 48.2. The van der Waals surface area contributed by atoms with Crippen LogP contribution in [-0.2, 0) is 4.79 Å². The zero-order valence-electron chi connectivity index (χ0n) is 19.8. The molecule has 0 aliphatic heterocycles. The van der Waals surface area contributed by atoms with Crippen LogP contribution in [0.5, 0.6) is 0 Å². The first-order valence-electron chi connectivity index (χ1n) is 12.9. The van der Waals surface area contributed by atoms with Crippen LogP contribution in [-0.4, -0.2) is 17.0 Å². The van der Waals surface area contributed by atoms with Crippen LogP contribution in [0.25, 0.3) is 0 Å². The molecule has 0 radical (unpaired) electrons. The summed E-state index contributed by atoms with van der Waals surface area (Å²) in [5.41, 5.74) is 0.725. The highest BCUT2D eigenvalue weighted by Gasteiger charge is 2.61. The van der Waals surface area contributed by atoms with Crippen molar-refractivity contribution in [1.82, 2.24) is 0 Å². The summed E-state index contributed by atoms with van der Waals surface area (Å²) in [5, 5.41) is 10.4. The van der Waals surface area contributed by atoms with E-state index in [0.29, 0.717) is 17.8 Å². The molecule has 0 aromatic carbocycles. The van der Waals surface area contributed by atoms with E-state index in [9.17, 15) is 9.90 Å². The Morgan fingerprint density at radius 1 is 0.966 bits per heavy atom. The molecule has 2 heteroatoms. The summed E-state index contributed by atoms with van der Waals surface area (Å²) in [5.74, 6) is 5.69. The molecule has 0 aromatic heterocycles. The maximum atomic E-state index is 12.2. The summed E-state index contributed by atoms with van der Waals surface area (Å²) in [6.45, 7) is 12.3. The largest absolute Gasteiger partial charge is 0.385 e. The van der Waals surface area contributed by atoms with Gasteiger partial charge < -0.3 is 5.11 Å². The third kappa shape index (κ3) is 3.64. The van der Waals surface area contributed by atoms with Crippen molar-refractivity contribution in [2.45, 2.75) is 111 Å². The fourth-order valence-corrected chi connectivity index (χ4v) is 9.12. The lowest BCUT2D eigenvalue weighted by atomic mass is 9.44. The van der Waals surface area contributed by atoms with E-state index < -0.39 is 6.10 Å². The van der Waals surface area contributed by atoms with Gasteiger partial charge in [0.1, 0.15) is 6.10 Å². The minimum Gasteiger partial charge on any atom is -0.385 e. The molecule has 1 N–H and O–H groups in total. The van der Waals surface area contributed by atoms with Crippen molar-refractivity contribution in [3.05, 3.63) is 0 Å². The van der Waals surface area contributed by atoms with Crippen molar-refractivity contribution in [1.29, 1.82) is 0 Å². The number of aliphatic hydroxyl groups is 1. The van der Waals surface area contributed by atoms with E-state index in [1.54, 1.807) is 0 Å². The first kappa shape index (κ1) is 21.8. The number of ketones is 1. The number of carbonyl (C=O) groups is 1. The van der Waals surface area contributed by atoms with Crippen LogP contribution >= 0.6 is 0 Å². The van der Waals surface area contributed by atoms with E-state index in [1.165, 1.54) is 57.8 Å². The van der Waals surface area contributed by atoms with Gasteiger partial charge in [0.25, 0.3) is 0 Å². The molecule has 9 atom stereocenters. The van der Waals surface area contributed by atoms with Crippen molar-refractivity contribution in [3.63, 3.8) is 0 Å². The minimum atomic E-state index is -0.694. The Morgan fingerprint density at radius 3 is 2.41 bits per heavy atom. The average Bonchev–Trinajstić information content (AvgIpc) is 3.00. The highest BCUT2D eigenvalue weighted by molar-refractivity contribution is 5.84. The predicted octanol–water partition coefficient (Wildman–Crippen LogP) is 6.65. The Labute approximate surface area is 179 Å². The maximum absolute atomic E-state index is 12.2. The molecule has 9 unspecified atom stereocenters. The van der Waals surface area contributed by atoms with Gasteiger partial charge in [0.15, 0.2) is 5.78 Å². The molecule has 4 saturated carbocycles. The SMILES string of the molecule is CC(C)CCCC(C)C1CCC2C3CCC4CC(=O)C(O)CC4(C)C3CCC12C. The smallest absolute Gasteiger partial charge is 0.161 e. The summed E-state index contributed by atoms with van der Waals surface area (Å²) >= 11 is 0. The second-order valence-corrected chi connectivity index (χ2v) is 12.6. The van der Waals surface area contributed by atoms with Crippen molar-refractivity contribution in [2.24, 2.45) is 52.3 Å². The minimum absolute atomic E-state index is 0.114. The summed E-state index contributed by atoms with van der Waals surface area (Å²) in [7, 11) is 0. The molecule has 166 valence electrons. The molecular formula is C27H46O2. The van der Waals surface area contributed by atoms with Gasteiger partial charge >= 0.3 is 0 Å². The Morgan fingerprint density at radius 2 is 1.69 bits per heavy atom. The second kappa shape index (κ2) is 7.95. The number of hydrogen-bond acceptors (Lipinski definition) is 2. The van der Waals surface area contributed by atoms with Crippen LogP contribution in [0.15, 0.2) is 0 Å². The van der Waals surface area contributed by atoms with Crippen molar-refractivity contribution < 1.29 is 9.90 Å². The first-order valence-corrected chi connectivity index (χ1v) is 12.9. The fourth-order valence-electron chi connectivity index (χ4n) is 9.12. The van der Waals surface area contributed by atoms with E-state index in [-0.39, 0.29) is 11.2 Å². The molecule has 4 aliphatic rings. The predicted molar refractivity (Wildman–Crippen MR) is 119 cm³/mol. The van der Waals surface area contributed by atoms with Crippen LogP contribution in [0.2, 0.25) is 0 Å². The number of carbonyl (C=O) groups excluding carboxylic acids is 1. The van der Waals surface area contributed by atoms with Gasteiger partial charge in [-0.15, -0.1) is 0 Å². The Hall–Kier alpha value is -0.370. The van der Waals surface area contributed by atoms with Crippen LogP contribution in [0.4, 0.5) is 0 Å². The number of aliphatic hydroxyl groups excluding tert-OH is 1. The second-order valence-electron chi connectivity index (χ2n) is 12.6. The molecular weight excluding hydrogens is 356 g/mol. The topological polar surface area (TPSA) is 37.3 Å². The van der Waals surface area contributed by atoms with Crippen molar-refractivity contribution in [2.75, 3.05) is 0 Å². The highest BCUT2D eigenvalue weighted by atomic mass is 16.3. The summed E-state index contributed by atoms with van der Waals surface area (Å²) in [4.78, 5) is 12.2. The molecule has 0 aromatic rings. The zero-order valence-corrected chi connectivity index (χ0v) is 19.8. The first-order chi connectivity index (χ1) is 13.7. The Balaban J connectivity index is 1.48. The average molecular weight is 403 g/mol. The standard InChI is InChI=1S/C27H46O2/c1-17(2)7-6-8-18(3)21-11-12-22-20-10-9-19-15-24(28)25(29)16-27(19,5)23(20)13-14-26(21,22)4/h17-23,25,29H,6-16H2,1-5H3. The molecule has 4 fully saturated rings. The Bertz CT molecular complexity index is 612. The number of fused-ring (bicyclic) bond motifs is 5. The van der Waals surface area contributed by atoms with Gasteiger partial charge in [-0.2, -0.15) is 0 Å². The molecule has 0 amide bonds. The third-order valence-corrected chi connectivity index (χ3v) is 10.7. The van der Waals surface area contributed by atoms with Gasteiger partial charge in [-0.3, -0.25) is 4.79 Å². The van der Waals surface area contributed by atoms with Crippen LogP contribution in [0.3, 0.4) is 0 Å². The fraction of sp³-hybridized carbons (Fsp3) is 0.963. The van der Waals surface area contributed by atoms with Crippen LogP contribution in [0, 0.1) is 52.3 Å². The van der Waals surface area contributed by atoms with E-state index >= 15 is 0 Å². The summed E-state index contributed by atoms with van der Waals surface area (Å²) in [6.07, 6.45) is 13.0. The van der Waals surface area contributed by atoms with E-state index in [2.05, 4.69) is 34.6 Å². The Kier molecular flexibility index (Phi) is 5.99. The summed E-state index contributed by atoms with van der Waals surface area (Å²) < 4.78 is 0. The van der Waals surface area contributed by atoms with Crippen molar-refractivity contribution >= 4 is 5.78 Å². The van der Waals surface area contributed by atoms with Crippen molar-refractivity contribution in [3.8, 4) is 0 Å². The zero-order chi connectivity index (χ0) is 21.0. The van der Waals surface area contributed by atoms with Gasteiger partial charge in [-0.25, -0.2) is 0 Å². The quantitative estimate of drug-likeness (QED) is 0.559. The van der Waals surface area contributed by atoms with Gasteiger partial charge in [0, 0.05) is 6.42 Å². The molecule has 4 rings (SSSR count). The van der Waals surface area contributed by atoms with Crippen LogP contribution < -0.4 is 0 Å². The molecule has 29 heavy (non-hydrogen) atoms. The molecule has 2 nitrogen and oxygen atoms in total. The number of Topliss-reactive ketones (excluding diaryl/α,β-unsaturated/α-hetero) is 1. The van der Waals surface area contributed by atoms with Gasteiger partial charge in [-0.1, -0.05) is 53.9 Å². The number of rotatable bonds is 5. The third-order valence-electron chi connectivity index (χ3n) is 10.7. The molecule has 0 spiro atoms. The monoisotopic (exact) mass is 402 g/mol. The summed E-state index contributed by atoms with van der Waals surface area (Å²) in [6, 6.07) is 0. The van der Waals surface area contributed by atoms with E-state index in [0.717, 1.165) is 41.9 Å². The molecule has 4 aliphatic carbocycles. The highest BCUT2D eigenvalue weighted by Crippen LogP contribution is 2.68. The van der Waals surface area contributed by atoms with Gasteiger partial charge in [0.05, 0.1) is 0 Å².